The van der Waals surface area contributed by atoms with E-state index in [-0.39, 0.29) is 11.2 Å². The molecule has 24 heavy (non-hydrogen) atoms. The molecule has 1 aliphatic rings. The first-order valence-corrected chi connectivity index (χ1v) is 8.93. The molecule has 0 saturated carbocycles. The van der Waals surface area contributed by atoms with Crippen LogP contribution in [-0.2, 0) is 4.79 Å². The molecule has 0 spiro atoms. The SMILES string of the molecule is Cc1cccc(NC(=O)C(C)Sc2ccc3c(c2)OCCCO3)c1. The number of anilines is 1. The highest BCUT2D eigenvalue weighted by atomic mass is 32.2. The van der Waals surface area contributed by atoms with E-state index in [4.69, 9.17) is 9.47 Å². The molecule has 3 rings (SSSR count). The maximum atomic E-state index is 12.4. The summed E-state index contributed by atoms with van der Waals surface area (Å²) in [5.41, 5.74) is 1.95. The monoisotopic (exact) mass is 343 g/mol. The van der Waals surface area contributed by atoms with Gasteiger partial charge in [0.2, 0.25) is 5.91 Å². The quantitative estimate of drug-likeness (QED) is 0.842. The van der Waals surface area contributed by atoms with Crippen LogP contribution in [0.3, 0.4) is 0 Å². The number of hydrogen-bond acceptors (Lipinski definition) is 4. The molecule has 1 atom stereocenters. The Kier molecular flexibility index (Phi) is 5.30. The molecule has 5 heteroatoms. The molecule has 1 amide bonds. The van der Waals surface area contributed by atoms with Gasteiger partial charge in [0.05, 0.1) is 18.5 Å². The summed E-state index contributed by atoms with van der Waals surface area (Å²) in [6.45, 7) is 5.24. The maximum Gasteiger partial charge on any atom is 0.237 e. The summed E-state index contributed by atoms with van der Waals surface area (Å²) in [4.78, 5) is 13.4. The van der Waals surface area contributed by atoms with Gasteiger partial charge in [0.25, 0.3) is 0 Å². The zero-order valence-electron chi connectivity index (χ0n) is 13.9. The zero-order valence-corrected chi connectivity index (χ0v) is 14.7. The second-order valence-corrected chi connectivity index (χ2v) is 7.19. The molecule has 126 valence electrons. The smallest absolute Gasteiger partial charge is 0.237 e. The van der Waals surface area contributed by atoms with Crippen LogP contribution >= 0.6 is 11.8 Å². The van der Waals surface area contributed by atoms with Gasteiger partial charge in [-0.25, -0.2) is 0 Å². The van der Waals surface area contributed by atoms with Crippen molar-refractivity contribution in [2.24, 2.45) is 0 Å². The number of carbonyl (C=O) groups is 1. The highest BCUT2D eigenvalue weighted by molar-refractivity contribution is 8.00. The summed E-state index contributed by atoms with van der Waals surface area (Å²) in [6, 6.07) is 13.6. The Hall–Kier alpha value is -2.14. The van der Waals surface area contributed by atoms with Crippen molar-refractivity contribution in [2.75, 3.05) is 18.5 Å². The number of amides is 1. The van der Waals surface area contributed by atoms with Crippen LogP contribution in [0, 0.1) is 6.92 Å². The van der Waals surface area contributed by atoms with Crippen molar-refractivity contribution in [1.82, 2.24) is 0 Å². The third-order valence-corrected chi connectivity index (χ3v) is 4.78. The summed E-state index contributed by atoms with van der Waals surface area (Å²) >= 11 is 1.51. The van der Waals surface area contributed by atoms with Crippen LogP contribution in [0.15, 0.2) is 47.4 Å². The second kappa shape index (κ2) is 7.62. The molecule has 4 nitrogen and oxygen atoms in total. The normalized spacial score (nSPS) is 14.6. The number of ether oxygens (including phenoxy) is 2. The van der Waals surface area contributed by atoms with E-state index < -0.39 is 0 Å². The fourth-order valence-corrected chi connectivity index (χ4v) is 3.34. The van der Waals surface area contributed by atoms with Gasteiger partial charge in [0.1, 0.15) is 0 Å². The van der Waals surface area contributed by atoms with Gasteiger partial charge >= 0.3 is 0 Å². The molecule has 1 unspecified atom stereocenters. The molecule has 1 N–H and O–H groups in total. The fourth-order valence-electron chi connectivity index (χ4n) is 2.44. The van der Waals surface area contributed by atoms with Gasteiger partial charge in [-0.1, -0.05) is 12.1 Å². The Morgan fingerprint density at radius 2 is 1.92 bits per heavy atom. The minimum Gasteiger partial charge on any atom is -0.490 e. The van der Waals surface area contributed by atoms with E-state index in [1.165, 1.54) is 11.8 Å². The van der Waals surface area contributed by atoms with Crippen LogP contribution in [0.5, 0.6) is 11.5 Å². The Labute approximate surface area is 146 Å². The lowest BCUT2D eigenvalue weighted by Crippen LogP contribution is -2.22. The number of benzene rings is 2. The third kappa shape index (κ3) is 4.23. The minimum absolute atomic E-state index is 0.0160. The Morgan fingerprint density at radius 1 is 1.12 bits per heavy atom. The average molecular weight is 343 g/mol. The minimum atomic E-state index is -0.213. The lowest BCUT2D eigenvalue weighted by atomic mass is 10.2. The van der Waals surface area contributed by atoms with E-state index in [0.29, 0.717) is 13.2 Å². The van der Waals surface area contributed by atoms with Gasteiger partial charge in [-0.05, 0) is 49.7 Å². The predicted octanol–water partition coefficient (Wildman–Crippen LogP) is 4.28. The lowest BCUT2D eigenvalue weighted by molar-refractivity contribution is -0.115. The number of carbonyl (C=O) groups excluding carboxylic acids is 1. The van der Waals surface area contributed by atoms with Crippen molar-refractivity contribution in [3.8, 4) is 11.5 Å². The molecule has 1 aliphatic heterocycles. The summed E-state index contributed by atoms with van der Waals surface area (Å²) in [7, 11) is 0. The molecule has 0 aromatic heterocycles. The molecular formula is C19H21NO3S. The lowest BCUT2D eigenvalue weighted by Gasteiger charge is -2.14. The second-order valence-electron chi connectivity index (χ2n) is 5.78. The first-order chi connectivity index (χ1) is 11.6. The van der Waals surface area contributed by atoms with Gasteiger partial charge in [0.15, 0.2) is 11.5 Å². The largest absolute Gasteiger partial charge is 0.490 e. The van der Waals surface area contributed by atoms with Crippen molar-refractivity contribution in [2.45, 2.75) is 30.4 Å². The third-order valence-electron chi connectivity index (χ3n) is 3.69. The Morgan fingerprint density at radius 3 is 2.71 bits per heavy atom. The molecular weight excluding hydrogens is 322 g/mol. The van der Waals surface area contributed by atoms with Gasteiger partial charge in [-0.3, -0.25) is 4.79 Å². The van der Waals surface area contributed by atoms with Gasteiger partial charge in [0, 0.05) is 17.0 Å². The van der Waals surface area contributed by atoms with Crippen LogP contribution in [0.25, 0.3) is 0 Å². The van der Waals surface area contributed by atoms with Crippen LogP contribution in [0.1, 0.15) is 18.9 Å². The van der Waals surface area contributed by atoms with Crippen molar-refractivity contribution >= 4 is 23.4 Å². The molecule has 1 heterocycles. The van der Waals surface area contributed by atoms with E-state index in [9.17, 15) is 4.79 Å². The number of aryl methyl sites for hydroxylation is 1. The van der Waals surface area contributed by atoms with Gasteiger partial charge in [-0.15, -0.1) is 11.8 Å². The summed E-state index contributed by atoms with van der Waals surface area (Å²) in [5, 5.41) is 2.75. The Balaban J connectivity index is 1.64. The van der Waals surface area contributed by atoms with Crippen molar-refractivity contribution in [3.63, 3.8) is 0 Å². The highest BCUT2D eigenvalue weighted by Crippen LogP contribution is 2.35. The van der Waals surface area contributed by atoms with Crippen LogP contribution < -0.4 is 14.8 Å². The van der Waals surface area contributed by atoms with Gasteiger partial charge in [-0.2, -0.15) is 0 Å². The molecule has 0 aliphatic carbocycles. The van der Waals surface area contributed by atoms with Crippen molar-refractivity contribution < 1.29 is 14.3 Å². The van der Waals surface area contributed by atoms with Crippen LogP contribution in [0.2, 0.25) is 0 Å². The number of hydrogen-bond donors (Lipinski definition) is 1. The Bertz CT molecular complexity index is 732. The zero-order chi connectivity index (χ0) is 16.9. The standard InChI is InChI=1S/C19H21NO3S/c1-13-5-3-6-15(11-13)20-19(21)14(2)24-16-7-8-17-18(12-16)23-10-4-9-22-17/h3,5-8,11-12,14H,4,9-10H2,1-2H3,(H,20,21). The highest BCUT2D eigenvalue weighted by Gasteiger charge is 2.17. The summed E-state index contributed by atoms with van der Waals surface area (Å²) < 4.78 is 11.3. The number of thioether (sulfide) groups is 1. The average Bonchev–Trinajstić information content (AvgIpc) is 2.79. The van der Waals surface area contributed by atoms with E-state index >= 15 is 0 Å². The fraction of sp³-hybridized carbons (Fsp3) is 0.316. The van der Waals surface area contributed by atoms with Crippen LogP contribution in [-0.4, -0.2) is 24.4 Å². The van der Waals surface area contributed by atoms with E-state index in [1.54, 1.807) is 0 Å². The molecule has 0 fully saturated rings. The number of rotatable bonds is 4. The molecule has 2 aromatic rings. The maximum absolute atomic E-state index is 12.4. The predicted molar refractivity (Wildman–Crippen MR) is 97.2 cm³/mol. The van der Waals surface area contributed by atoms with E-state index in [2.05, 4.69) is 5.32 Å². The molecule has 2 aromatic carbocycles. The molecule has 0 bridgehead atoms. The summed E-state index contributed by atoms with van der Waals surface area (Å²) in [6.07, 6.45) is 0.881. The molecule has 0 radical (unpaired) electrons. The van der Waals surface area contributed by atoms with E-state index in [0.717, 1.165) is 34.1 Å². The topological polar surface area (TPSA) is 47.6 Å². The van der Waals surface area contributed by atoms with Crippen LogP contribution in [0.4, 0.5) is 5.69 Å². The van der Waals surface area contributed by atoms with Crippen molar-refractivity contribution in [1.29, 1.82) is 0 Å². The first-order valence-electron chi connectivity index (χ1n) is 8.05. The van der Waals surface area contributed by atoms with Crippen molar-refractivity contribution in [3.05, 3.63) is 48.0 Å². The van der Waals surface area contributed by atoms with Gasteiger partial charge < -0.3 is 14.8 Å². The van der Waals surface area contributed by atoms with E-state index in [1.807, 2.05) is 56.3 Å². The number of fused-ring (bicyclic) bond motifs is 1. The first kappa shape index (κ1) is 16.7. The number of nitrogens with one attached hydrogen (secondary N) is 1. The molecule has 0 saturated heterocycles. The summed E-state index contributed by atoms with van der Waals surface area (Å²) in [5.74, 6) is 1.51.